The molecule has 41 heavy (non-hydrogen) atoms. The first kappa shape index (κ1) is 28.4. The zero-order valence-electron chi connectivity index (χ0n) is 21.9. The maximum atomic E-state index is 11.6. The maximum absolute atomic E-state index is 11.6. The Bertz CT molecular complexity index is 1830. The second-order valence-corrected chi connectivity index (χ2v) is 12.2. The van der Waals surface area contributed by atoms with Crippen LogP contribution in [-0.2, 0) is 23.0 Å². The van der Waals surface area contributed by atoms with Gasteiger partial charge in [0.1, 0.15) is 5.82 Å². The van der Waals surface area contributed by atoms with Crippen LogP contribution in [0.4, 0.5) is 5.69 Å². The van der Waals surface area contributed by atoms with Crippen molar-refractivity contribution in [3.8, 4) is 22.4 Å². The van der Waals surface area contributed by atoms with E-state index in [1.54, 1.807) is 54.6 Å². The van der Waals surface area contributed by atoms with E-state index in [1.165, 1.54) is 0 Å². The molecule has 1 heterocycles. The Kier molecular flexibility index (Phi) is 8.17. The molecule has 4 aromatic carbocycles. The van der Waals surface area contributed by atoms with Gasteiger partial charge in [-0.05, 0) is 64.7 Å². The Hall–Kier alpha value is -4.11. The molecule has 0 saturated heterocycles. The number of hydrogen-bond acceptors (Lipinski definition) is 4. The number of carboxylic acids is 1. The number of halogens is 2. The van der Waals surface area contributed by atoms with Crippen LogP contribution in [0.5, 0.6) is 0 Å². The SMILES string of the molecule is CS(=O)(=O)Nc1cccc(-c2ccc(Cc3nc(-c4ccc(Cl)cc4Cl)cn3Cc3ccc(C(=O)O)cc3)cc2)c1. The molecule has 0 fully saturated rings. The predicted octanol–water partition coefficient (Wildman–Crippen LogP) is 7.23. The van der Waals surface area contributed by atoms with Crippen LogP contribution in [-0.4, -0.2) is 35.3 Å². The maximum Gasteiger partial charge on any atom is 0.335 e. The van der Waals surface area contributed by atoms with Crippen molar-refractivity contribution in [2.45, 2.75) is 13.0 Å². The lowest BCUT2D eigenvalue weighted by Crippen LogP contribution is -2.09. The van der Waals surface area contributed by atoms with Crippen molar-refractivity contribution >= 4 is 44.9 Å². The summed E-state index contributed by atoms with van der Waals surface area (Å²) in [4.78, 5) is 16.2. The largest absolute Gasteiger partial charge is 0.478 e. The number of carbonyl (C=O) groups is 1. The molecule has 0 radical (unpaired) electrons. The van der Waals surface area contributed by atoms with E-state index in [0.29, 0.717) is 34.4 Å². The van der Waals surface area contributed by atoms with Gasteiger partial charge in [0.15, 0.2) is 0 Å². The van der Waals surface area contributed by atoms with Crippen molar-refractivity contribution in [1.29, 1.82) is 0 Å². The van der Waals surface area contributed by atoms with Crippen LogP contribution in [0, 0.1) is 0 Å². The Balaban J connectivity index is 1.44. The summed E-state index contributed by atoms with van der Waals surface area (Å²) in [5, 5.41) is 10.3. The van der Waals surface area contributed by atoms with E-state index in [9.17, 15) is 18.3 Å². The fourth-order valence-corrected chi connectivity index (χ4v) is 5.54. The number of aromatic nitrogens is 2. The Morgan fingerprint density at radius 1 is 0.902 bits per heavy atom. The number of benzene rings is 4. The molecule has 0 aliphatic heterocycles. The number of imidazole rings is 1. The number of anilines is 1. The summed E-state index contributed by atoms with van der Waals surface area (Å²) in [5.41, 5.74) is 5.98. The molecule has 7 nitrogen and oxygen atoms in total. The minimum absolute atomic E-state index is 0.228. The van der Waals surface area contributed by atoms with E-state index < -0.39 is 16.0 Å². The van der Waals surface area contributed by atoms with Gasteiger partial charge in [-0.2, -0.15) is 0 Å². The van der Waals surface area contributed by atoms with Gasteiger partial charge in [-0.15, -0.1) is 0 Å². The molecule has 0 aliphatic rings. The molecule has 1 aromatic heterocycles. The number of sulfonamides is 1. The quantitative estimate of drug-likeness (QED) is 0.184. The summed E-state index contributed by atoms with van der Waals surface area (Å²) >= 11 is 12.6. The van der Waals surface area contributed by atoms with E-state index in [4.69, 9.17) is 28.2 Å². The first-order valence-corrected chi connectivity index (χ1v) is 15.2. The molecule has 5 rings (SSSR count). The van der Waals surface area contributed by atoms with Crippen LogP contribution >= 0.6 is 23.2 Å². The molecule has 208 valence electrons. The fourth-order valence-electron chi connectivity index (χ4n) is 4.48. The highest BCUT2D eigenvalue weighted by molar-refractivity contribution is 7.92. The number of aromatic carboxylic acids is 1. The standard InChI is InChI=1S/C31H25Cl2N3O4S/c1-41(39,40)35-26-4-2-3-24(16-26)22-9-5-20(6-10-22)15-30-34-29(27-14-13-25(32)17-28(27)33)19-36(30)18-21-7-11-23(12-8-21)31(37)38/h2-14,16-17,19,35H,15,18H2,1H3,(H,37,38). The van der Waals surface area contributed by atoms with Crippen LogP contribution in [0.1, 0.15) is 27.3 Å². The van der Waals surface area contributed by atoms with Gasteiger partial charge in [0.25, 0.3) is 0 Å². The molecule has 2 N–H and O–H groups in total. The lowest BCUT2D eigenvalue weighted by Gasteiger charge is -2.10. The molecule has 0 aliphatic carbocycles. The highest BCUT2D eigenvalue weighted by Gasteiger charge is 2.14. The summed E-state index contributed by atoms with van der Waals surface area (Å²) in [7, 11) is -3.37. The van der Waals surface area contributed by atoms with Crippen molar-refractivity contribution < 1.29 is 18.3 Å². The second-order valence-electron chi connectivity index (χ2n) is 9.63. The van der Waals surface area contributed by atoms with Gasteiger partial charge < -0.3 is 9.67 Å². The van der Waals surface area contributed by atoms with Gasteiger partial charge in [0.2, 0.25) is 10.0 Å². The van der Waals surface area contributed by atoms with Crippen molar-refractivity contribution in [3.05, 3.63) is 130 Å². The molecular formula is C31H25Cl2N3O4S. The van der Waals surface area contributed by atoms with E-state index in [2.05, 4.69) is 4.72 Å². The van der Waals surface area contributed by atoms with E-state index >= 15 is 0 Å². The average Bonchev–Trinajstić information content (AvgIpc) is 3.30. The van der Waals surface area contributed by atoms with E-state index in [0.717, 1.165) is 39.9 Å². The molecule has 0 amide bonds. The molecule has 0 spiro atoms. The van der Waals surface area contributed by atoms with Crippen LogP contribution in [0.2, 0.25) is 10.0 Å². The molecular weight excluding hydrogens is 581 g/mol. The number of nitrogens with zero attached hydrogens (tertiary/aromatic N) is 2. The third-order valence-electron chi connectivity index (χ3n) is 6.44. The Morgan fingerprint density at radius 2 is 1.61 bits per heavy atom. The first-order chi connectivity index (χ1) is 19.5. The molecule has 5 aromatic rings. The van der Waals surface area contributed by atoms with Crippen LogP contribution in [0.15, 0.2) is 97.2 Å². The minimum Gasteiger partial charge on any atom is -0.478 e. The topological polar surface area (TPSA) is 101 Å². The van der Waals surface area contributed by atoms with Crippen LogP contribution in [0.25, 0.3) is 22.4 Å². The van der Waals surface area contributed by atoms with E-state index in [1.807, 2.05) is 47.2 Å². The lowest BCUT2D eigenvalue weighted by molar-refractivity contribution is 0.0697. The zero-order chi connectivity index (χ0) is 29.1. The number of carboxylic acid groups (broad SMARTS) is 1. The monoisotopic (exact) mass is 605 g/mol. The van der Waals surface area contributed by atoms with Crippen LogP contribution in [0.3, 0.4) is 0 Å². The normalized spacial score (nSPS) is 11.4. The van der Waals surface area contributed by atoms with Gasteiger partial charge >= 0.3 is 5.97 Å². The highest BCUT2D eigenvalue weighted by atomic mass is 35.5. The van der Waals surface area contributed by atoms with Gasteiger partial charge in [0.05, 0.1) is 22.5 Å². The predicted molar refractivity (Wildman–Crippen MR) is 163 cm³/mol. The summed E-state index contributed by atoms with van der Waals surface area (Å²) in [6, 6.07) is 27.3. The smallest absolute Gasteiger partial charge is 0.335 e. The summed E-state index contributed by atoms with van der Waals surface area (Å²) in [6.45, 7) is 0.492. The van der Waals surface area contributed by atoms with Crippen molar-refractivity contribution in [2.75, 3.05) is 11.0 Å². The molecule has 0 bridgehead atoms. The van der Waals surface area contributed by atoms with Gasteiger partial charge in [-0.1, -0.05) is 71.7 Å². The van der Waals surface area contributed by atoms with Gasteiger partial charge in [0, 0.05) is 35.4 Å². The van der Waals surface area contributed by atoms with Crippen molar-refractivity contribution in [1.82, 2.24) is 9.55 Å². The molecule has 10 heteroatoms. The van der Waals surface area contributed by atoms with Gasteiger partial charge in [-0.25, -0.2) is 18.2 Å². The fraction of sp³-hybridized carbons (Fsp3) is 0.0968. The van der Waals surface area contributed by atoms with Crippen molar-refractivity contribution in [2.24, 2.45) is 0 Å². The second kappa shape index (κ2) is 11.8. The highest BCUT2D eigenvalue weighted by Crippen LogP contribution is 2.31. The molecule has 0 saturated carbocycles. The third kappa shape index (κ3) is 7.16. The third-order valence-corrected chi connectivity index (χ3v) is 7.59. The summed E-state index contributed by atoms with van der Waals surface area (Å²) in [5.74, 6) is -0.165. The Morgan fingerprint density at radius 3 is 2.27 bits per heavy atom. The van der Waals surface area contributed by atoms with Crippen LogP contribution < -0.4 is 4.72 Å². The van der Waals surface area contributed by atoms with Crippen molar-refractivity contribution in [3.63, 3.8) is 0 Å². The number of nitrogens with one attached hydrogen (secondary N) is 1. The zero-order valence-corrected chi connectivity index (χ0v) is 24.2. The average molecular weight is 607 g/mol. The number of hydrogen-bond donors (Lipinski definition) is 2. The summed E-state index contributed by atoms with van der Waals surface area (Å²) in [6.07, 6.45) is 3.59. The van der Waals surface area contributed by atoms with Gasteiger partial charge in [-0.3, -0.25) is 4.72 Å². The Labute approximate surface area is 248 Å². The summed E-state index contributed by atoms with van der Waals surface area (Å²) < 4.78 is 27.8. The molecule has 0 unspecified atom stereocenters. The minimum atomic E-state index is -3.37. The molecule has 0 atom stereocenters. The lowest BCUT2D eigenvalue weighted by atomic mass is 10.0. The first-order valence-electron chi connectivity index (χ1n) is 12.5. The number of rotatable bonds is 9. The van der Waals surface area contributed by atoms with E-state index in [-0.39, 0.29) is 5.56 Å².